The summed E-state index contributed by atoms with van der Waals surface area (Å²) >= 11 is 0. The van der Waals surface area contributed by atoms with Gasteiger partial charge in [-0.2, -0.15) is 4.98 Å². The molecule has 2 aliphatic rings. The molecule has 1 aliphatic carbocycles. The van der Waals surface area contributed by atoms with E-state index in [0.29, 0.717) is 37.1 Å². The Kier molecular flexibility index (Phi) is 7.00. The summed E-state index contributed by atoms with van der Waals surface area (Å²) in [6, 6.07) is 7.50. The van der Waals surface area contributed by atoms with Gasteiger partial charge in [-0.15, -0.1) is 0 Å². The topological polar surface area (TPSA) is 77.7 Å². The van der Waals surface area contributed by atoms with Gasteiger partial charge in [0.15, 0.2) is 5.82 Å². The van der Waals surface area contributed by atoms with Gasteiger partial charge >= 0.3 is 0 Å². The zero-order valence-electron chi connectivity index (χ0n) is 17.7. The number of rotatable bonds is 9. The van der Waals surface area contributed by atoms with Gasteiger partial charge in [-0.05, 0) is 49.3 Å². The molecule has 1 aromatic carbocycles. The quantitative estimate of drug-likeness (QED) is 0.583. The Balaban J connectivity index is 1.30. The van der Waals surface area contributed by atoms with Gasteiger partial charge in [0, 0.05) is 19.6 Å². The van der Waals surface area contributed by atoms with Gasteiger partial charge in [0.1, 0.15) is 11.8 Å². The molecule has 4 rings (SSSR count). The van der Waals surface area contributed by atoms with Crippen LogP contribution in [0.4, 0.5) is 0 Å². The normalized spacial score (nSPS) is 19.5. The summed E-state index contributed by atoms with van der Waals surface area (Å²) < 4.78 is 16.6. The fourth-order valence-electron chi connectivity index (χ4n) is 4.48. The number of hydrogen-bond acceptors (Lipinski definition) is 6. The molecule has 2 heterocycles. The predicted molar refractivity (Wildman–Crippen MR) is 111 cm³/mol. The zero-order chi connectivity index (χ0) is 20.8. The van der Waals surface area contributed by atoms with Gasteiger partial charge in [0.25, 0.3) is 0 Å². The number of carbonyl (C=O) groups is 1. The summed E-state index contributed by atoms with van der Waals surface area (Å²) in [7, 11) is 1.63. The SMILES string of the molecule is COc1cccc(CC(=O)N2CCCC2c2nc(CCOCC3CCCC3)no2)c1. The third-order valence-corrected chi connectivity index (χ3v) is 6.13. The van der Waals surface area contributed by atoms with Crippen LogP contribution in [0.15, 0.2) is 28.8 Å². The fraction of sp³-hybridized carbons (Fsp3) is 0.609. The van der Waals surface area contributed by atoms with E-state index in [1.54, 1.807) is 7.11 Å². The molecule has 1 saturated heterocycles. The Morgan fingerprint density at radius 1 is 1.23 bits per heavy atom. The van der Waals surface area contributed by atoms with Crippen LogP contribution in [0.1, 0.15) is 61.8 Å². The van der Waals surface area contributed by atoms with Crippen molar-refractivity contribution in [2.75, 3.05) is 26.9 Å². The van der Waals surface area contributed by atoms with Crippen LogP contribution in [0, 0.1) is 5.92 Å². The minimum Gasteiger partial charge on any atom is -0.497 e. The lowest BCUT2D eigenvalue weighted by molar-refractivity contribution is -0.131. The molecule has 0 radical (unpaired) electrons. The Morgan fingerprint density at radius 3 is 2.93 bits per heavy atom. The average molecular weight is 414 g/mol. The molecule has 7 nitrogen and oxygen atoms in total. The number of amides is 1. The highest BCUT2D eigenvalue weighted by atomic mass is 16.5. The molecular weight excluding hydrogens is 382 g/mol. The number of nitrogens with zero attached hydrogens (tertiary/aromatic N) is 3. The summed E-state index contributed by atoms with van der Waals surface area (Å²) in [5.74, 6) is 2.75. The van der Waals surface area contributed by atoms with Crippen LogP contribution in [0.2, 0.25) is 0 Å². The Hall–Kier alpha value is -2.41. The maximum absolute atomic E-state index is 12.9. The van der Waals surface area contributed by atoms with Crippen molar-refractivity contribution in [2.45, 2.75) is 57.4 Å². The highest BCUT2D eigenvalue weighted by molar-refractivity contribution is 5.79. The molecule has 1 amide bonds. The number of likely N-dealkylation sites (tertiary alicyclic amines) is 1. The summed E-state index contributed by atoms with van der Waals surface area (Å²) in [4.78, 5) is 19.3. The van der Waals surface area contributed by atoms with Crippen molar-refractivity contribution in [1.82, 2.24) is 15.0 Å². The number of ether oxygens (including phenoxy) is 2. The van der Waals surface area contributed by atoms with Gasteiger partial charge < -0.3 is 18.9 Å². The lowest BCUT2D eigenvalue weighted by Gasteiger charge is -2.22. The van der Waals surface area contributed by atoms with Crippen molar-refractivity contribution in [3.63, 3.8) is 0 Å². The second kappa shape index (κ2) is 10.1. The monoisotopic (exact) mass is 413 g/mol. The van der Waals surface area contributed by atoms with Crippen molar-refractivity contribution in [1.29, 1.82) is 0 Å². The van der Waals surface area contributed by atoms with Crippen LogP contribution < -0.4 is 4.74 Å². The summed E-state index contributed by atoms with van der Waals surface area (Å²) in [5, 5.41) is 4.11. The molecule has 162 valence electrons. The van der Waals surface area contributed by atoms with E-state index in [9.17, 15) is 4.79 Å². The van der Waals surface area contributed by atoms with E-state index in [1.165, 1.54) is 25.7 Å². The first-order valence-electron chi connectivity index (χ1n) is 11.1. The van der Waals surface area contributed by atoms with Crippen molar-refractivity contribution in [3.8, 4) is 5.75 Å². The Morgan fingerprint density at radius 2 is 2.10 bits per heavy atom. The van der Waals surface area contributed by atoms with Crippen LogP contribution >= 0.6 is 0 Å². The van der Waals surface area contributed by atoms with Gasteiger partial charge in [-0.25, -0.2) is 0 Å². The molecule has 1 unspecified atom stereocenters. The first kappa shape index (κ1) is 20.8. The Bertz CT molecular complexity index is 831. The largest absolute Gasteiger partial charge is 0.497 e. The molecule has 30 heavy (non-hydrogen) atoms. The van der Waals surface area contributed by atoms with Gasteiger partial charge in [-0.1, -0.05) is 30.1 Å². The third-order valence-electron chi connectivity index (χ3n) is 6.13. The second-order valence-corrected chi connectivity index (χ2v) is 8.30. The smallest absolute Gasteiger partial charge is 0.249 e. The minimum absolute atomic E-state index is 0.0744. The van der Waals surface area contributed by atoms with Crippen LogP contribution in [-0.2, 0) is 22.4 Å². The predicted octanol–water partition coefficient (Wildman–Crippen LogP) is 3.73. The molecule has 0 spiro atoms. The van der Waals surface area contributed by atoms with Crippen molar-refractivity contribution in [3.05, 3.63) is 41.5 Å². The molecule has 0 N–H and O–H groups in total. The van der Waals surface area contributed by atoms with E-state index in [4.69, 9.17) is 14.0 Å². The lowest BCUT2D eigenvalue weighted by Crippen LogP contribution is -2.32. The van der Waals surface area contributed by atoms with E-state index >= 15 is 0 Å². The summed E-state index contributed by atoms with van der Waals surface area (Å²) in [6.45, 7) is 2.16. The lowest BCUT2D eigenvalue weighted by atomic mass is 10.1. The summed E-state index contributed by atoms with van der Waals surface area (Å²) in [6.07, 6.45) is 8.00. The molecule has 7 heteroatoms. The van der Waals surface area contributed by atoms with E-state index in [2.05, 4.69) is 10.1 Å². The van der Waals surface area contributed by atoms with Crippen LogP contribution in [0.25, 0.3) is 0 Å². The van der Waals surface area contributed by atoms with Crippen LogP contribution in [0.5, 0.6) is 5.75 Å². The van der Waals surface area contributed by atoms with E-state index in [1.807, 2.05) is 29.2 Å². The van der Waals surface area contributed by atoms with Crippen LogP contribution in [0.3, 0.4) is 0 Å². The van der Waals surface area contributed by atoms with Crippen molar-refractivity contribution >= 4 is 5.91 Å². The van der Waals surface area contributed by atoms with Crippen LogP contribution in [-0.4, -0.2) is 47.8 Å². The maximum Gasteiger partial charge on any atom is 0.249 e. The van der Waals surface area contributed by atoms with E-state index < -0.39 is 0 Å². The number of methoxy groups -OCH3 is 1. The highest BCUT2D eigenvalue weighted by Gasteiger charge is 2.33. The highest BCUT2D eigenvalue weighted by Crippen LogP contribution is 2.31. The summed E-state index contributed by atoms with van der Waals surface area (Å²) in [5.41, 5.74) is 0.940. The van der Waals surface area contributed by atoms with E-state index in [0.717, 1.165) is 37.3 Å². The molecule has 1 atom stereocenters. The Labute approximate surface area is 177 Å². The molecule has 0 bridgehead atoms. The molecule has 2 fully saturated rings. The standard InChI is InChI=1S/C23H31N3O4/c1-28-19-9-4-8-18(14-19)15-22(27)26-12-5-10-20(26)23-24-21(25-30-23)11-13-29-16-17-6-2-3-7-17/h4,8-9,14,17,20H,2-3,5-7,10-13,15-16H2,1H3. The van der Waals surface area contributed by atoms with Gasteiger partial charge in [0.05, 0.1) is 20.1 Å². The minimum atomic E-state index is -0.135. The second-order valence-electron chi connectivity index (χ2n) is 8.30. The molecule has 1 aliphatic heterocycles. The van der Waals surface area contributed by atoms with E-state index in [-0.39, 0.29) is 11.9 Å². The van der Waals surface area contributed by atoms with Crippen molar-refractivity contribution < 1.29 is 18.8 Å². The number of carbonyl (C=O) groups excluding carboxylic acids is 1. The maximum atomic E-state index is 12.9. The number of hydrogen-bond donors (Lipinski definition) is 0. The van der Waals surface area contributed by atoms with Crippen molar-refractivity contribution in [2.24, 2.45) is 5.92 Å². The van der Waals surface area contributed by atoms with Gasteiger partial charge in [-0.3, -0.25) is 4.79 Å². The van der Waals surface area contributed by atoms with Gasteiger partial charge in [0.2, 0.25) is 11.8 Å². The number of benzene rings is 1. The molecule has 1 aromatic heterocycles. The zero-order valence-corrected chi connectivity index (χ0v) is 17.7. The number of aromatic nitrogens is 2. The molecular formula is C23H31N3O4. The first-order valence-corrected chi connectivity index (χ1v) is 11.1. The average Bonchev–Trinajstić information content (AvgIpc) is 3.52. The third kappa shape index (κ3) is 5.19. The fourth-order valence-corrected chi connectivity index (χ4v) is 4.48. The molecule has 2 aromatic rings. The molecule has 1 saturated carbocycles. The first-order chi connectivity index (χ1) is 14.7.